The highest BCUT2D eigenvalue weighted by atomic mass is 79.9. The lowest BCUT2D eigenvalue weighted by Gasteiger charge is -2.22. The molecule has 0 amide bonds. The molecule has 26 heavy (non-hydrogen) atoms. The maximum atomic E-state index is 13.1. The lowest BCUT2D eigenvalue weighted by atomic mass is 9.88. The highest BCUT2D eigenvalue weighted by molar-refractivity contribution is 9.10. The summed E-state index contributed by atoms with van der Waals surface area (Å²) in [6.07, 6.45) is 10.8. The third-order valence-corrected chi connectivity index (χ3v) is 5.30. The second-order valence-electron chi connectivity index (χ2n) is 6.61. The molecule has 6 heteroatoms. The Kier molecular flexibility index (Phi) is 4.93. The molecule has 0 bridgehead atoms. The van der Waals surface area contributed by atoms with Gasteiger partial charge >= 0.3 is 0 Å². The first kappa shape index (κ1) is 17.1. The Hall–Kier alpha value is -2.34. The summed E-state index contributed by atoms with van der Waals surface area (Å²) in [7, 11) is 0. The van der Waals surface area contributed by atoms with Crippen molar-refractivity contribution in [3.05, 3.63) is 68.9 Å². The summed E-state index contributed by atoms with van der Waals surface area (Å²) in [6.45, 7) is 0. The molecular weight excluding hydrogens is 392 g/mol. The van der Waals surface area contributed by atoms with Gasteiger partial charge in [-0.15, -0.1) is 0 Å². The zero-order chi connectivity index (χ0) is 17.9. The van der Waals surface area contributed by atoms with E-state index in [1.165, 1.54) is 23.9 Å². The second-order valence-corrected chi connectivity index (χ2v) is 7.53. The van der Waals surface area contributed by atoms with E-state index < -0.39 is 0 Å². The van der Waals surface area contributed by atoms with Gasteiger partial charge in [0.1, 0.15) is 5.82 Å². The summed E-state index contributed by atoms with van der Waals surface area (Å²) < 4.78 is 2.34. The number of pyridine rings is 1. The first-order valence-electron chi connectivity index (χ1n) is 8.89. The van der Waals surface area contributed by atoms with Crippen molar-refractivity contribution in [3.8, 4) is 0 Å². The molecule has 0 N–H and O–H groups in total. The van der Waals surface area contributed by atoms with E-state index in [0.717, 1.165) is 34.2 Å². The first-order valence-corrected chi connectivity index (χ1v) is 9.68. The van der Waals surface area contributed by atoms with E-state index in [0.29, 0.717) is 5.39 Å². The van der Waals surface area contributed by atoms with Crippen LogP contribution in [0.2, 0.25) is 0 Å². The topological polar surface area (TPSA) is 60.1 Å². The molecule has 132 valence electrons. The number of hydrogen-bond donors (Lipinski definition) is 0. The maximum Gasteiger partial charge on any atom is 0.282 e. The standard InChI is InChI=1S/C20H19BrN4O/c21-16-8-9-18-17(11-16)20(26)25(23-13-14-5-4-10-22-12-14)19(24-18)15-6-2-1-3-7-15/h4-5,8-13,15H,1-3,6-7H2. The van der Waals surface area contributed by atoms with Crippen LogP contribution in [0.25, 0.3) is 10.9 Å². The minimum atomic E-state index is -0.128. The van der Waals surface area contributed by atoms with Crippen LogP contribution < -0.4 is 5.56 Å². The predicted octanol–water partition coefficient (Wildman–Crippen LogP) is 4.48. The van der Waals surface area contributed by atoms with Crippen molar-refractivity contribution in [2.24, 2.45) is 5.10 Å². The van der Waals surface area contributed by atoms with E-state index in [2.05, 4.69) is 26.0 Å². The molecule has 0 saturated heterocycles. The molecule has 1 fully saturated rings. The van der Waals surface area contributed by atoms with Crippen LogP contribution in [0, 0.1) is 0 Å². The van der Waals surface area contributed by atoms with E-state index >= 15 is 0 Å². The summed E-state index contributed by atoms with van der Waals surface area (Å²) in [5.41, 5.74) is 1.45. The van der Waals surface area contributed by atoms with Crippen molar-refractivity contribution >= 4 is 33.0 Å². The van der Waals surface area contributed by atoms with Crippen molar-refractivity contribution in [2.45, 2.75) is 38.0 Å². The molecule has 0 aliphatic heterocycles. The average molecular weight is 411 g/mol. The molecule has 1 aliphatic carbocycles. The Morgan fingerprint density at radius 2 is 2.04 bits per heavy atom. The smallest absolute Gasteiger partial charge is 0.267 e. The van der Waals surface area contributed by atoms with Gasteiger partial charge in [0.05, 0.1) is 17.1 Å². The Balaban J connectivity index is 1.88. The molecule has 1 saturated carbocycles. The Morgan fingerprint density at radius 1 is 1.19 bits per heavy atom. The summed E-state index contributed by atoms with van der Waals surface area (Å²) >= 11 is 3.44. The molecule has 0 atom stereocenters. The lowest BCUT2D eigenvalue weighted by molar-refractivity contribution is 0.416. The van der Waals surface area contributed by atoms with Crippen LogP contribution >= 0.6 is 15.9 Å². The van der Waals surface area contributed by atoms with E-state index in [1.54, 1.807) is 18.6 Å². The number of benzene rings is 1. The Bertz CT molecular complexity index is 1010. The number of rotatable bonds is 3. The van der Waals surface area contributed by atoms with Crippen molar-refractivity contribution in [2.75, 3.05) is 0 Å². The van der Waals surface area contributed by atoms with Crippen molar-refractivity contribution in [3.63, 3.8) is 0 Å². The quantitative estimate of drug-likeness (QED) is 0.597. The molecular formula is C20H19BrN4O. The molecule has 4 rings (SSSR count). The molecule has 1 aliphatic rings. The SMILES string of the molecule is O=c1c2cc(Br)ccc2nc(C2CCCCC2)n1N=Cc1cccnc1. The number of aromatic nitrogens is 3. The van der Waals surface area contributed by atoms with Gasteiger partial charge in [-0.1, -0.05) is 41.3 Å². The van der Waals surface area contributed by atoms with Crippen LogP contribution in [-0.4, -0.2) is 20.9 Å². The van der Waals surface area contributed by atoms with E-state index in [1.807, 2.05) is 30.3 Å². The third kappa shape index (κ3) is 3.46. The highest BCUT2D eigenvalue weighted by Crippen LogP contribution is 2.32. The van der Waals surface area contributed by atoms with Crippen molar-refractivity contribution in [1.29, 1.82) is 0 Å². The summed E-state index contributed by atoms with van der Waals surface area (Å²) in [4.78, 5) is 22.1. The van der Waals surface area contributed by atoms with E-state index in [4.69, 9.17) is 4.98 Å². The monoisotopic (exact) mass is 410 g/mol. The molecule has 1 aromatic carbocycles. The van der Waals surface area contributed by atoms with Crippen molar-refractivity contribution < 1.29 is 0 Å². The van der Waals surface area contributed by atoms with E-state index in [-0.39, 0.29) is 11.5 Å². The zero-order valence-electron chi connectivity index (χ0n) is 14.3. The van der Waals surface area contributed by atoms with Gasteiger partial charge in [-0.2, -0.15) is 9.78 Å². The molecule has 5 nitrogen and oxygen atoms in total. The zero-order valence-corrected chi connectivity index (χ0v) is 15.9. The highest BCUT2D eigenvalue weighted by Gasteiger charge is 2.22. The molecule has 2 heterocycles. The number of halogens is 1. The minimum Gasteiger partial charge on any atom is -0.267 e. The number of fused-ring (bicyclic) bond motifs is 1. The fraction of sp³-hybridized carbons (Fsp3) is 0.300. The number of hydrogen-bond acceptors (Lipinski definition) is 4. The van der Waals surface area contributed by atoms with Crippen LogP contribution in [0.3, 0.4) is 0 Å². The predicted molar refractivity (Wildman–Crippen MR) is 107 cm³/mol. The first-order chi connectivity index (χ1) is 12.7. The fourth-order valence-electron chi connectivity index (χ4n) is 3.48. The Morgan fingerprint density at radius 3 is 2.81 bits per heavy atom. The normalized spacial score (nSPS) is 15.7. The van der Waals surface area contributed by atoms with Crippen molar-refractivity contribution in [1.82, 2.24) is 14.6 Å². The Labute approximate surface area is 159 Å². The van der Waals surface area contributed by atoms with Crippen LogP contribution in [-0.2, 0) is 0 Å². The van der Waals surface area contributed by atoms with Crippen LogP contribution in [0.4, 0.5) is 0 Å². The minimum absolute atomic E-state index is 0.128. The van der Waals surface area contributed by atoms with Gasteiger partial charge in [-0.25, -0.2) is 4.98 Å². The van der Waals surface area contributed by atoms with Gasteiger partial charge in [-0.3, -0.25) is 9.78 Å². The van der Waals surface area contributed by atoms with Gasteiger partial charge < -0.3 is 0 Å². The largest absolute Gasteiger partial charge is 0.282 e. The molecule has 0 unspecified atom stereocenters. The third-order valence-electron chi connectivity index (χ3n) is 4.81. The molecule has 2 aromatic heterocycles. The van der Waals surface area contributed by atoms with Gasteiger partial charge in [0.2, 0.25) is 0 Å². The molecule has 3 aromatic rings. The van der Waals surface area contributed by atoms with Gasteiger partial charge in [0.15, 0.2) is 0 Å². The summed E-state index contributed by atoms with van der Waals surface area (Å²) in [5, 5.41) is 5.06. The summed E-state index contributed by atoms with van der Waals surface area (Å²) in [6, 6.07) is 9.38. The lowest BCUT2D eigenvalue weighted by Crippen LogP contribution is -2.25. The van der Waals surface area contributed by atoms with E-state index in [9.17, 15) is 4.79 Å². The van der Waals surface area contributed by atoms with Gasteiger partial charge in [0, 0.05) is 28.3 Å². The fourth-order valence-corrected chi connectivity index (χ4v) is 3.84. The van der Waals surface area contributed by atoms with Crippen LogP contribution in [0.15, 0.2) is 57.1 Å². The summed E-state index contributed by atoms with van der Waals surface area (Å²) in [5.74, 6) is 1.04. The average Bonchev–Trinajstić information content (AvgIpc) is 2.69. The number of nitrogens with zero attached hydrogens (tertiary/aromatic N) is 4. The second kappa shape index (κ2) is 7.50. The molecule has 0 radical (unpaired) electrons. The van der Waals surface area contributed by atoms with Crippen LogP contribution in [0.5, 0.6) is 0 Å². The molecule has 0 spiro atoms. The van der Waals surface area contributed by atoms with Gasteiger partial charge in [0.25, 0.3) is 5.56 Å². The van der Waals surface area contributed by atoms with Crippen LogP contribution in [0.1, 0.15) is 49.4 Å². The van der Waals surface area contributed by atoms with Gasteiger partial charge in [-0.05, 0) is 37.1 Å². The maximum absolute atomic E-state index is 13.1.